The van der Waals surface area contributed by atoms with E-state index >= 15 is 0 Å². The average Bonchev–Trinajstić information content (AvgIpc) is 2.49. The number of hydrogen-bond acceptors (Lipinski definition) is 2. The molecule has 0 aliphatic heterocycles. The summed E-state index contributed by atoms with van der Waals surface area (Å²) in [5.41, 5.74) is 3.33. The Morgan fingerprint density at radius 1 is 1.19 bits per heavy atom. The highest BCUT2D eigenvalue weighted by atomic mass is 32.2. The van der Waals surface area contributed by atoms with Crippen molar-refractivity contribution in [1.82, 2.24) is 0 Å². The second-order valence-electron chi connectivity index (χ2n) is 5.12. The summed E-state index contributed by atoms with van der Waals surface area (Å²) >= 11 is 1.58. The first kappa shape index (κ1) is 15.6. The molecule has 0 heterocycles. The van der Waals surface area contributed by atoms with Gasteiger partial charge in [0.15, 0.2) is 0 Å². The van der Waals surface area contributed by atoms with Crippen LogP contribution in [0, 0.1) is 6.92 Å². The number of rotatable bonds is 5. The Hall–Kier alpha value is -1.74. The molecule has 0 radical (unpaired) electrons. The van der Waals surface area contributed by atoms with Gasteiger partial charge >= 0.3 is 0 Å². The van der Waals surface area contributed by atoms with E-state index in [4.69, 9.17) is 0 Å². The third-order valence-corrected chi connectivity index (χ3v) is 4.42. The van der Waals surface area contributed by atoms with Crippen molar-refractivity contribution in [3.63, 3.8) is 0 Å². The van der Waals surface area contributed by atoms with Gasteiger partial charge in [0.1, 0.15) is 0 Å². The fourth-order valence-electron chi connectivity index (χ4n) is 1.99. The van der Waals surface area contributed by atoms with Crippen LogP contribution in [-0.2, 0) is 11.2 Å². The van der Waals surface area contributed by atoms with Gasteiger partial charge in [0.05, 0.1) is 5.25 Å². The zero-order valence-corrected chi connectivity index (χ0v) is 13.5. The first-order valence-electron chi connectivity index (χ1n) is 7.21. The van der Waals surface area contributed by atoms with Gasteiger partial charge in [-0.2, -0.15) is 0 Å². The van der Waals surface area contributed by atoms with E-state index in [0.29, 0.717) is 0 Å². The Morgan fingerprint density at radius 2 is 1.90 bits per heavy atom. The molecule has 0 fully saturated rings. The maximum atomic E-state index is 12.3. The van der Waals surface area contributed by atoms with Crippen molar-refractivity contribution in [1.29, 1.82) is 0 Å². The highest BCUT2D eigenvalue weighted by Crippen LogP contribution is 2.24. The Balaban J connectivity index is 1.97. The summed E-state index contributed by atoms with van der Waals surface area (Å²) in [6.07, 6.45) is 0.970. The average molecular weight is 299 g/mol. The largest absolute Gasteiger partial charge is 0.325 e. The number of carbonyl (C=O) groups is 1. The summed E-state index contributed by atoms with van der Waals surface area (Å²) in [5.74, 6) is 0.0360. The van der Waals surface area contributed by atoms with E-state index in [2.05, 4.69) is 49.5 Å². The minimum atomic E-state index is -0.127. The van der Waals surface area contributed by atoms with Gasteiger partial charge in [-0.15, -0.1) is 11.8 Å². The molecule has 3 heteroatoms. The van der Waals surface area contributed by atoms with Gasteiger partial charge in [0, 0.05) is 10.6 Å². The van der Waals surface area contributed by atoms with Crippen LogP contribution in [-0.4, -0.2) is 11.2 Å². The number of anilines is 1. The number of hydrogen-bond donors (Lipinski definition) is 1. The third kappa shape index (κ3) is 4.64. The van der Waals surface area contributed by atoms with E-state index in [1.54, 1.807) is 11.8 Å². The first-order valence-corrected chi connectivity index (χ1v) is 8.09. The van der Waals surface area contributed by atoms with E-state index < -0.39 is 0 Å². The molecule has 0 aliphatic rings. The van der Waals surface area contributed by atoms with Crippen LogP contribution in [0.25, 0.3) is 0 Å². The lowest BCUT2D eigenvalue weighted by Gasteiger charge is -2.12. The monoisotopic (exact) mass is 299 g/mol. The Bertz CT molecular complexity index is 607. The molecule has 0 saturated heterocycles. The topological polar surface area (TPSA) is 29.1 Å². The van der Waals surface area contributed by atoms with Gasteiger partial charge in [-0.3, -0.25) is 4.79 Å². The smallest absolute Gasteiger partial charge is 0.237 e. The zero-order valence-electron chi connectivity index (χ0n) is 12.7. The number of nitrogens with one attached hydrogen (secondary N) is 1. The maximum Gasteiger partial charge on any atom is 0.237 e. The fraction of sp³-hybridized carbons (Fsp3) is 0.278. The van der Waals surface area contributed by atoms with Crippen molar-refractivity contribution < 1.29 is 4.79 Å². The van der Waals surface area contributed by atoms with Gasteiger partial charge in [0.2, 0.25) is 5.91 Å². The van der Waals surface area contributed by atoms with Crippen LogP contribution in [0.1, 0.15) is 25.0 Å². The number of carbonyl (C=O) groups excluding carboxylic acids is 1. The van der Waals surface area contributed by atoms with E-state index in [1.807, 2.05) is 25.1 Å². The number of aryl methyl sites for hydroxylation is 2. The molecule has 1 atom stereocenters. The summed E-state index contributed by atoms with van der Waals surface area (Å²) < 4.78 is 0. The molecule has 0 saturated carbocycles. The van der Waals surface area contributed by atoms with Crippen LogP contribution >= 0.6 is 11.8 Å². The predicted molar refractivity (Wildman–Crippen MR) is 90.9 cm³/mol. The quantitative estimate of drug-likeness (QED) is 0.812. The Labute approximate surface area is 131 Å². The summed E-state index contributed by atoms with van der Waals surface area (Å²) in [6.45, 7) is 6.10. The molecule has 0 bridgehead atoms. The first-order chi connectivity index (χ1) is 10.1. The number of amides is 1. The Morgan fingerprint density at radius 3 is 2.57 bits per heavy atom. The SMILES string of the molecule is CCc1cccc(NC(=O)[C@H](C)Sc2ccc(C)cc2)c1. The standard InChI is InChI=1S/C18H21NOS/c1-4-15-6-5-7-16(12-15)19-18(20)14(3)21-17-10-8-13(2)9-11-17/h5-12,14H,4H2,1-3H3,(H,19,20)/t14-/m0/s1. The fourth-order valence-corrected chi connectivity index (χ4v) is 2.85. The number of thioether (sulfide) groups is 1. The number of benzene rings is 2. The minimum Gasteiger partial charge on any atom is -0.325 e. The van der Waals surface area contributed by atoms with Crippen molar-refractivity contribution >= 4 is 23.4 Å². The zero-order chi connectivity index (χ0) is 15.2. The summed E-state index contributed by atoms with van der Waals surface area (Å²) in [5, 5.41) is 2.86. The molecule has 2 rings (SSSR count). The van der Waals surface area contributed by atoms with Crippen molar-refractivity contribution in [2.24, 2.45) is 0 Å². The molecule has 21 heavy (non-hydrogen) atoms. The molecule has 1 N–H and O–H groups in total. The van der Waals surface area contributed by atoms with E-state index in [9.17, 15) is 4.79 Å². The van der Waals surface area contributed by atoms with Crippen molar-refractivity contribution in [2.45, 2.75) is 37.3 Å². The predicted octanol–water partition coefficient (Wildman–Crippen LogP) is 4.68. The van der Waals surface area contributed by atoms with E-state index in [1.165, 1.54) is 11.1 Å². The van der Waals surface area contributed by atoms with Crippen molar-refractivity contribution in [3.8, 4) is 0 Å². The lowest BCUT2D eigenvalue weighted by Crippen LogP contribution is -2.22. The van der Waals surface area contributed by atoms with E-state index in [0.717, 1.165) is 17.0 Å². The summed E-state index contributed by atoms with van der Waals surface area (Å²) in [6, 6.07) is 16.3. The normalized spacial score (nSPS) is 12.0. The lowest BCUT2D eigenvalue weighted by atomic mass is 10.1. The molecule has 0 spiro atoms. The summed E-state index contributed by atoms with van der Waals surface area (Å²) in [7, 11) is 0. The van der Waals surface area contributed by atoms with Crippen molar-refractivity contribution in [3.05, 3.63) is 59.7 Å². The van der Waals surface area contributed by atoms with Gasteiger partial charge in [-0.1, -0.05) is 36.8 Å². The molecular weight excluding hydrogens is 278 g/mol. The van der Waals surface area contributed by atoms with Gasteiger partial charge in [-0.05, 0) is 50.1 Å². The van der Waals surface area contributed by atoms with Gasteiger partial charge in [-0.25, -0.2) is 0 Å². The van der Waals surface area contributed by atoms with Crippen LogP contribution in [0.2, 0.25) is 0 Å². The maximum absolute atomic E-state index is 12.3. The van der Waals surface area contributed by atoms with Crippen LogP contribution in [0.15, 0.2) is 53.4 Å². The second kappa shape index (κ2) is 7.32. The molecular formula is C18H21NOS. The van der Waals surface area contributed by atoms with Gasteiger partial charge < -0.3 is 5.32 Å². The highest BCUT2D eigenvalue weighted by Gasteiger charge is 2.14. The van der Waals surface area contributed by atoms with Crippen LogP contribution in [0.3, 0.4) is 0 Å². The second-order valence-corrected chi connectivity index (χ2v) is 6.53. The van der Waals surface area contributed by atoms with Crippen molar-refractivity contribution in [2.75, 3.05) is 5.32 Å². The molecule has 0 aromatic heterocycles. The summed E-state index contributed by atoms with van der Waals surface area (Å²) in [4.78, 5) is 13.4. The third-order valence-electron chi connectivity index (χ3n) is 3.31. The lowest BCUT2D eigenvalue weighted by molar-refractivity contribution is -0.115. The molecule has 1 amide bonds. The highest BCUT2D eigenvalue weighted by molar-refractivity contribution is 8.00. The molecule has 0 aliphatic carbocycles. The molecule has 2 nitrogen and oxygen atoms in total. The van der Waals surface area contributed by atoms with Crippen LogP contribution in [0.4, 0.5) is 5.69 Å². The molecule has 2 aromatic carbocycles. The van der Waals surface area contributed by atoms with Crippen LogP contribution in [0.5, 0.6) is 0 Å². The molecule has 110 valence electrons. The van der Waals surface area contributed by atoms with Gasteiger partial charge in [0.25, 0.3) is 0 Å². The van der Waals surface area contributed by atoms with E-state index in [-0.39, 0.29) is 11.2 Å². The molecule has 2 aromatic rings. The molecule has 0 unspecified atom stereocenters. The minimum absolute atomic E-state index is 0.0360. The Kier molecular flexibility index (Phi) is 5.45. The van der Waals surface area contributed by atoms with Crippen LogP contribution < -0.4 is 5.32 Å².